The first-order chi connectivity index (χ1) is 24.7. The van der Waals surface area contributed by atoms with Crippen molar-refractivity contribution in [2.75, 3.05) is 0 Å². The van der Waals surface area contributed by atoms with Gasteiger partial charge in [0.2, 0.25) is 0 Å². The van der Waals surface area contributed by atoms with Crippen molar-refractivity contribution < 1.29 is 0 Å². The van der Waals surface area contributed by atoms with Gasteiger partial charge < -0.3 is 9.13 Å². The molecule has 9 aromatic rings. The first-order valence-corrected chi connectivity index (χ1v) is 16.3. The predicted molar refractivity (Wildman–Crippen MR) is 200 cm³/mol. The van der Waals surface area contributed by atoms with E-state index in [0.29, 0.717) is 16.7 Å². The molecule has 7 aromatic carbocycles. The molecular weight excluding hydrogens is 611 g/mol. The summed E-state index contributed by atoms with van der Waals surface area (Å²) in [6.07, 6.45) is 0. The molecule has 0 spiro atoms. The van der Waals surface area contributed by atoms with Crippen LogP contribution < -0.4 is 0 Å². The van der Waals surface area contributed by atoms with Gasteiger partial charge in [-0.25, -0.2) is 0 Å². The zero-order chi connectivity index (χ0) is 33.8. The maximum Gasteiger partial charge on any atom is 0.0998 e. The molecule has 50 heavy (non-hydrogen) atoms. The number of nitrogens with zero attached hydrogens (tertiary/aromatic N) is 5. The van der Waals surface area contributed by atoms with Gasteiger partial charge in [-0.2, -0.15) is 15.8 Å². The number of aromatic nitrogens is 2. The van der Waals surface area contributed by atoms with Crippen LogP contribution in [-0.4, -0.2) is 9.13 Å². The molecule has 5 nitrogen and oxygen atoms in total. The summed E-state index contributed by atoms with van der Waals surface area (Å²) >= 11 is 0. The van der Waals surface area contributed by atoms with E-state index in [1.165, 1.54) is 0 Å². The van der Waals surface area contributed by atoms with Crippen LogP contribution in [0.15, 0.2) is 152 Å². The van der Waals surface area contributed by atoms with Crippen molar-refractivity contribution >= 4 is 43.6 Å². The molecule has 0 fully saturated rings. The predicted octanol–water partition coefficient (Wildman–Crippen LogP) is 10.8. The molecular formula is C45H25N5. The Morgan fingerprint density at radius 2 is 1.02 bits per heavy atom. The van der Waals surface area contributed by atoms with Crippen molar-refractivity contribution in [1.29, 1.82) is 15.8 Å². The van der Waals surface area contributed by atoms with E-state index in [9.17, 15) is 15.8 Å². The van der Waals surface area contributed by atoms with E-state index in [2.05, 4.69) is 88.0 Å². The lowest BCUT2D eigenvalue weighted by atomic mass is 9.90. The van der Waals surface area contributed by atoms with Crippen LogP contribution >= 0.6 is 0 Å². The van der Waals surface area contributed by atoms with E-state index in [1.54, 1.807) is 0 Å². The maximum atomic E-state index is 10.5. The summed E-state index contributed by atoms with van der Waals surface area (Å²) in [6.45, 7) is 0. The second kappa shape index (κ2) is 11.4. The highest BCUT2D eigenvalue weighted by molar-refractivity contribution is 6.11. The standard InChI is InChI=1S/C45H25N5/c46-26-29-20-22-43-39(23-29)36-14-3-6-18-42(36)50(43)41-17-5-2-13-35(41)38-15-8-10-32(28-48)45(38)31-9-7-11-33(25-31)49-40-16-4-1-12-34(40)37-21-19-30(27-47)24-44(37)49/h1-25H. The summed E-state index contributed by atoms with van der Waals surface area (Å²) in [5.41, 5.74) is 11.4. The largest absolute Gasteiger partial charge is 0.309 e. The molecule has 0 radical (unpaired) electrons. The van der Waals surface area contributed by atoms with Crippen LogP contribution in [-0.2, 0) is 0 Å². The third kappa shape index (κ3) is 4.31. The third-order valence-electron chi connectivity index (χ3n) is 9.62. The molecule has 2 heterocycles. The van der Waals surface area contributed by atoms with Crippen LogP contribution in [0.2, 0.25) is 0 Å². The summed E-state index contributed by atoms with van der Waals surface area (Å²) in [4.78, 5) is 0. The molecule has 0 unspecified atom stereocenters. The number of nitriles is 3. The van der Waals surface area contributed by atoms with Crippen LogP contribution in [0.5, 0.6) is 0 Å². The van der Waals surface area contributed by atoms with Crippen molar-refractivity contribution in [3.05, 3.63) is 168 Å². The SMILES string of the molecule is N#Cc1ccc2c(c1)c1ccccc1n2-c1ccccc1-c1cccc(C#N)c1-c1cccc(-n2c3ccccc3c3ccc(C#N)cc32)c1. The molecule has 0 N–H and O–H groups in total. The van der Waals surface area contributed by atoms with E-state index < -0.39 is 0 Å². The van der Waals surface area contributed by atoms with Crippen LogP contribution in [0.25, 0.3) is 77.2 Å². The Morgan fingerprint density at radius 1 is 0.400 bits per heavy atom. The van der Waals surface area contributed by atoms with E-state index in [1.807, 2.05) is 91.0 Å². The minimum atomic E-state index is 0.573. The minimum absolute atomic E-state index is 0.573. The van der Waals surface area contributed by atoms with Gasteiger partial charge in [-0.15, -0.1) is 0 Å². The summed E-state index contributed by atoms with van der Waals surface area (Å²) in [7, 11) is 0. The summed E-state index contributed by atoms with van der Waals surface area (Å²) < 4.78 is 4.45. The first kappa shape index (κ1) is 28.8. The number of hydrogen-bond acceptors (Lipinski definition) is 3. The maximum absolute atomic E-state index is 10.5. The number of benzene rings is 7. The highest BCUT2D eigenvalue weighted by atomic mass is 15.0. The quantitative estimate of drug-likeness (QED) is 0.193. The Hall–Kier alpha value is -7.39. The molecule has 230 valence electrons. The fourth-order valence-electron chi connectivity index (χ4n) is 7.50. The average molecular weight is 636 g/mol. The second-order valence-corrected chi connectivity index (χ2v) is 12.3. The molecule has 0 aliphatic heterocycles. The zero-order valence-corrected chi connectivity index (χ0v) is 26.7. The molecule has 0 atom stereocenters. The molecule has 2 aromatic heterocycles. The normalized spacial score (nSPS) is 11.1. The molecule has 0 aliphatic rings. The Morgan fingerprint density at radius 3 is 1.82 bits per heavy atom. The minimum Gasteiger partial charge on any atom is -0.309 e. The third-order valence-corrected chi connectivity index (χ3v) is 9.62. The van der Waals surface area contributed by atoms with Gasteiger partial charge in [-0.1, -0.05) is 84.9 Å². The Labute approximate surface area is 287 Å². The second-order valence-electron chi connectivity index (χ2n) is 12.3. The molecule has 0 bridgehead atoms. The lowest BCUT2D eigenvalue weighted by Gasteiger charge is -2.18. The number of rotatable bonds is 4. The van der Waals surface area contributed by atoms with Crippen LogP contribution in [0, 0.1) is 34.0 Å². The number of hydrogen-bond donors (Lipinski definition) is 0. The van der Waals surface area contributed by atoms with E-state index >= 15 is 0 Å². The van der Waals surface area contributed by atoms with Crippen molar-refractivity contribution in [2.45, 2.75) is 0 Å². The molecule has 9 rings (SSSR count). The van der Waals surface area contributed by atoms with Gasteiger partial charge in [0.1, 0.15) is 0 Å². The summed E-state index contributed by atoms with van der Waals surface area (Å²) in [6, 6.07) is 57.8. The van der Waals surface area contributed by atoms with Gasteiger partial charge in [0.25, 0.3) is 0 Å². The van der Waals surface area contributed by atoms with Crippen LogP contribution in [0.4, 0.5) is 0 Å². The number of fused-ring (bicyclic) bond motifs is 6. The van der Waals surface area contributed by atoms with Crippen molar-refractivity contribution in [3.63, 3.8) is 0 Å². The molecule has 0 amide bonds. The Kier molecular flexibility index (Phi) is 6.56. The van der Waals surface area contributed by atoms with Gasteiger partial charge in [0, 0.05) is 38.4 Å². The smallest absolute Gasteiger partial charge is 0.0998 e. The molecule has 0 saturated heterocycles. The van der Waals surface area contributed by atoms with Crippen molar-refractivity contribution in [2.24, 2.45) is 0 Å². The number of para-hydroxylation sites is 3. The van der Waals surface area contributed by atoms with Crippen molar-refractivity contribution in [1.82, 2.24) is 9.13 Å². The molecule has 5 heteroatoms. The first-order valence-electron chi connectivity index (χ1n) is 16.3. The van der Waals surface area contributed by atoms with Crippen molar-refractivity contribution in [3.8, 4) is 51.8 Å². The molecule has 0 aliphatic carbocycles. The average Bonchev–Trinajstić information content (AvgIpc) is 3.69. The van der Waals surface area contributed by atoms with Gasteiger partial charge in [0.05, 0.1) is 62.7 Å². The van der Waals surface area contributed by atoms with Gasteiger partial charge in [-0.05, 0) is 77.9 Å². The lowest BCUT2D eigenvalue weighted by molar-refractivity contribution is 1.18. The van der Waals surface area contributed by atoms with E-state index in [-0.39, 0.29) is 0 Å². The van der Waals surface area contributed by atoms with Crippen LogP contribution in [0.1, 0.15) is 16.7 Å². The topological polar surface area (TPSA) is 81.2 Å². The molecule has 0 saturated carbocycles. The van der Waals surface area contributed by atoms with E-state index in [4.69, 9.17) is 0 Å². The lowest BCUT2D eigenvalue weighted by Crippen LogP contribution is -1.99. The van der Waals surface area contributed by atoms with E-state index in [0.717, 1.165) is 77.2 Å². The monoisotopic (exact) mass is 635 g/mol. The fraction of sp³-hybridized carbons (Fsp3) is 0. The van der Waals surface area contributed by atoms with Gasteiger partial charge >= 0.3 is 0 Å². The van der Waals surface area contributed by atoms with Gasteiger partial charge in [0.15, 0.2) is 0 Å². The zero-order valence-electron chi connectivity index (χ0n) is 26.7. The summed E-state index contributed by atoms with van der Waals surface area (Å²) in [5.74, 6) is 0. The highest BCUT2D eigenvalue weighted by Gasteiger charge is 2.20. The fourth-order valence-corrected chi connectivity index (χ4v) is 7.50. The Bertz CT molecular complexity index is 2970. The van der Waals surface area contributed by atoms with Gasteiger partial charge in [-0.3, -0.25) is 0 Å². The highest BCUT2D eigenvalue weighted by Crippen LogP contribution is 2.42. The Balaban J connectivity index is 1.30. The summed E-state index contributed by atoms with van der Waals surface area (Å²) in [5, 5.41) is 34.2. The van der Waals surface area contributed by atoms with Crippen LogP contribution in [0.3, 0.4) is 0 Å².